The van der Waals surface area contributed by atoms with Crippen molar-refractivity contribution in [3.8, 4) is 0 Å². The first-order valence-electron chi connectivity index (χ1n) is 6.86. The topological polar surface area (TPSA) is 32.3 Å². The summed E-state index contributed by atoms with van der Waals surface area (Å²) < 4.78 is 0. The van der Waals surface area contributed by atoms with E-state index in [-0.39, 0.29) is 5.41 Å². The quantitative estimate of drug-likeness (QED) is 0.759. The lowest BCUT2D eigenvalue weighted by atomic mass is 9.85. The molecule has 0 fully saturated rings. The van der Waals surface area contributed by atoms with Gasteiger partial charge in [-0.3, -0.25) is 0 Å². The summed E-state index contributed by atoms with van der Waals surface area (Å²) in [6.07, 6.45) is 1.92. The van der Waals surface area contributed by atoms with E-state index in [2.05, 4.69) is 51.2 Å². The highest BCUT2D eigenvalue weighted by atomic mass is 16.2. The van der Waals surface area contributed by atoms with Crippen molar-refractivity contribution in [2.75, 3.05) is 13.2 Å². The minimum absolute atomic E-state index is 0.208. The Kier molecular flexibility index (Phi) is 5.83. The van der Waals surface area contributed by atoms with Crippen LogP contribution in [0.4, 0.5) is 0 Å². The molecule has 0 atom stereocenters. The van der Waals surface area contributed by atoms with Crippen LogP contribution in [0, 0.1) is 6.92 Å². The summed E-state index contributed by atoms with van der Waals surface area (Å²) >= 11 is 0. The molecule has 0 unspecified atom stereocenters. The molecule has 0 heterocycles. The molecule has 0 aliphatic rings. The van der Waals surface area contributed by atoms with Gasteiger partial charge >= 0.3 is 0 Å². The Balaban J connectivity index is 2.59. The van der Waals surface area contributed by atoms with E-state index >= 15 is 0 Å². The van der Waals surface area contributed by atoms with Crippen LogP contribution >= 0.6 is 0 Å². The van der Waals surface area contributed by atoms with Crippen molar-refractivity contribution in [3.05, 3.63) is 34.9 Å². The number of unbranched alkanes of at least 4 members (excludes halogenated alkanes) is 1. The van der Waals surface area contributed by atoms with E-state index in [0.717, 1.165) is 25.9 Å². The van der Waals surface area contributed by atoms with Crippen LogP contribution < -0.4 is 5.32 Å². The zero-order chi connectivity index (χ0) is 13.6. The van der Waals surface area contributed by atoms with Gasteiger partial charge in [-0.05, 0) is 48.4 Å². The summed E-state index contributed by atoms with van der Waals surface area (Å²) in [5.74, 6) is 0. The number of aliphatic hydroxyl groups is 1. The van der Waals surface area contributed by atoms with Gasteiger partial charge in [0.2, 0.25) is 0 Å². The monoisotopic (exact) mass is 249 g/mol. The van der Waals surface area contributed by atoms with Crippen molar-refractivity contribution < 1.29 is 5.11 Å². The van der Waals surface area contributed by atoms with Crippen molar-refractivity contribution in [2.24, 2.45) is 0 Å². The molecule has 102 valence electrons. The number of benzene rings is 1. The van der Waals surface area contributed by atoms with Crippen molar-refractivity contribution in [3.63, 3.8) is 0 Å². The standard InChI is InChI=1S/C16H27NO/c1-13-7-8-15(16(2,3)4)11-14(13)12-17-9-5-6-10-18/h7-8,11,17-18H,5-6,9-10,12H2,1-4H3. The largest absolute Gasteiger partial charge is 0.396 e. The first-order chi connectivity index (χ1) is 8.45. The minimum atomic E-state index is 0.208. The van der Waals surface area contributed by atoms with E-state index in [0.29, 0.717) is 6.61 Å². The van der Waals surface area contributed by atoms with E-state index in [1.807, 2.05) is 0 Å². The molecule has 0 bridgehead atoms. The highest BCUT2D eigenvalue weighted by Crippen LogP contribution is 2.24. The molecule has 1 aromatic carbocycles. The van der Waals surface area contributed by atoms with Crippen molar-refractivity contribution >= 4 is 0 Å². The molecule has 0 saturated heterocycles. The third-order valence-electron chi connectivity index (χ3n) is 3.29. The maximum atomic E-state index is 8.72. The summed E-state index contributed by atoms with van der Waals surface area (Å²) in [5, 5.41) is 12.2. The van der Waals surface area contributed by atoms with Gasteiger partial charge in [0.15, 0.2) is 0 Å². The van der Waals surface area contributed by atoms with Crippen LogP contribution in [0.2, 0.25) is 0 Å². The zero-order valence-corrected chi connectivity index (χ0v) is 12.2. The van der Waals surface area contributed by atoms with E-state index in [1.54, 1.807) is 0 Å². The van der Waals surface area contributed by atoms with E-state index in [1.165, 1.54) is 16.7 Å². The normalized spacial score (nSPS) is 11.8. The van der Waals surface area contributed by atoms with Gasteiger partial charge in [-0.25, -0.2) is 0 Å². The second-order valence-electron chi connectivity index (χ2n) is 6.00. The molecule has 2 nitrogen and oxygen atoms in total. The van der Waals surface area contributed by atoms with Crippen LogP contribution in [0.1, 0.15) is 50.3 Å². The van der Waals surface area contributed by atoms with Crippen LogP contribution in [0.5, 0.6) is 0 Å². The summed E-state index contributed by atoms with van der Waals surface area (Å²) in [6, 6.07) is 6.75. The maximum Gasteiger partial charge on any atom is 0.0431 e. The first kappa shape index (κ1) is 15.2. The Hall–Kier alpha value is -0.860. The fourth-order valence-electron chi connectivity index (χ4n) is 1.91. The fourth-order valence-corrected chi connectivity index (χ4v) is 1.91. The van der Waals surface area contributed by atoms with Crippen molar-refractivity contribution in [1.82, 2.24) is 5.32 Å². The van der Waals surface area contributed by atoms with Crippen LogP contribution in [0.15, 0.2) is 18.2 Å². The number of nitrogens with one attached hydrogen (secondary N) is 1. The third-order valence-corrected chi connectivity index (χ3v) is 3.29. The van der Waals surface area contributed by atoms with Gasteiger partial charge in [0.1, 0.15) is 0 Å². The number of hydrogen-bond donors (Lipinski definition) is 2. The Morgan fingerprint density at radius 2 is 1.89 bits per heavy atom. The van der Waals surface area contributed by atoms with Gasteiger partial charge in [0.05, 0.1) is 0 Å². The molecule has 0 radical (unpaired) electrons. The van der Waals surface area contributed by atoms with Gasteiger partial charge in [-0.15, -0.1) is 0 Å². The molecule has 0 aliphatic carbocycles. The highest BCUT2D eigenvalue weighted by molar-refractivity contribution is 5.34. The second-order valence-corrected chi connectivity index (χ2v) is 6.00. The molecule has 1 aromatic rings. The Bertz CT molecular complexity index is 366. The maximum absolute atomic E-state index is 8.72. The van der Waals surface area contributed by atoms with Gasteiger partial charge < -0.3 is 10.4 Å². The summed E-state index contributed by atoms with van der Waals surface area (Å²) in [5.41, 5.74) is 4.32. The molecule has 2 N–H and O–H groups in total. The van der Waals surface area contributed by atoms with Crippen molar-refractivity contribution in [2.45, 2.75) is 52.5 Å². The summed E-state index contributed by atoms with van der Waals surface area (Å²) in [6.45, 7) is 11.1. The lowest BCUT2D eigenvalue weighted by molar-refractivity contribution is 0.283. The minimum Gasteiger partial charge on any atom is -0.396 e. The number of rotatable bonds is 6. The van der Waals surface area contributed by atoms with Crippen LogP contribution in [-0.4, -0.2) is 18.3 Å². The third kappa shape index (κ3) is 4.79. The molecular formula is C16H27NO. The van der Waals surface area contributed by atoms with Crippen molar-refractivity contribution in [1.29, 1.82) is 0 Å². The Labute approximate surface area is 111 Å². The predicted molar refractivity (Wildman–Crippen MR) is 77.9 cm³/mol. The smallest absolute Gasteiger partial charge is 0.0431 e. The molecular weight excluding hydrogens is 222 g/mol. The molecule has 1 rings (SSSR count). The van der Waals surface area contributed by atoms with Gasteiger partial charge in [-0.2, -0.15) is 0 Å². The Morgan fingerprint density at radius 3 is 2.50 bits per heavy atom. The summed E-state index contributed by atoms with van der Waals surface area (Å²) in [4.78, 5) is 0. The van der Waals surface area contributed by atoms with Crippen LogP contribution in [0.25, 0.3) is 0 Å². The number of aliphatic hydroxyl groups excluding tert-OH is 1. The number of hydrogen-bond acceptors (Lipinski definition) is 2. The average molecular weight is 249 g/mol. The van der Waals surface area contributed by atoms with E-state index in [4.69, 9.17) is 5.11 Å². The second kappa shape index (κ2) is 6.91. The first-order valence-corrected chi connectivity index (χ1v) is 6.86. The molecule has 0 spiro atoms. The highest BCUT2D eigenvalue weighted by Gasteiger charge is 2.14. The van der Waals surface area contributed by atoms with Crippen LogP contribution in [-0.2, 0) is 12.0 Å². The molecule has 0 aromatic heterocycles. The molecule has 0 saturated carbocycles. The van der Waals surface area contributed by atoms with E-state index in [9.17, 15) is 0 Å². The fraction of sp³-hybridized carbons (Fsp3) is 0.625. The van der Waals surface area contributed by atoms with Crippen LogP contribution in [0.3, 0.4) is 0 Å². The predicted octanol–water partition coefficient (Wildman–Crippen LogP) is 3.15. The molecule has 2 heteroatoms. The van der Waals surface area contributed by atoms with E-state index < -0.39 is 0 Å². The number of aryl methyl sites for hydroxylation is 1. The molecule has 0 aliphatic heterocycles. The molecule has 18 heavy (non-hydrogen) atoms. The summed E-state index contributed by atoms with van der Waals surface area (Å²) in [7, 11) is 0. The molecule has 0 amide bonds. The average Bonchev–Trinajstić information content (AvgIpc) is 2.29. The SMILES string of the molecule is Cc1ccc(C(C)(C)C)cc1CNCCCCO. The van der Waals surface area contributed by atoms with Gasteiger partial charge in [-0.1, -0.05) is 39.0 Å². The van der Waals surface area contributed by atoms with Gasteiger partial charge in [0, 0.05) is 13.2 Å². The Morgan fingerprint density at radius 1 is 1.17 bits per heavy atom. The lowest BCUT2D eigenvalue weighted by Gasteiger charge is -2.21. The zero-order valence-electron chi connectivity index (χ0n) is 12.2. The lowest BCUT2D eigenvalue weighted by Crippen LogP contribution is -2.17. The van der Waals surface area contributed by atoms with Gasteiger partial charge in [0.25, 0.3) is 0 Å².